The van der Waals surface area contributed by atoms with E-state index in [1.165, 1.54) is 30.3 Å². The minimum atomic E-state index is -0.796. The number of nitrogens with one attached hydrogen (secondary N) is 3. The molecule has 2 atom stereocenters. The van der Waals surface area contributed by atoms with Gasteiger partial charge in [0, 0.05) is 18.3 Å². The quantitative estimate of drug-likeness (QED) is 0.111. The summed E-state index contributed by atoms with van der Waals surface area (Å²) in [4.78, 5) is 31.8. The third-order valence-electron chi connectivity index (χ3n) is 8.13. The molecule has 0 saturated heterocycles. The molecule has 0 aliphatic rings. The fourth-order valence-corrected chi connectivity index (χ4v) is 5.54. The Labute approximate surface area is 293 Å². The maximum absolute atomic E-state index is 15.5. The van der Waals surface area contributed by atoms with E-state index in [0.717, 1.165) is 11.1 Å². The van der Waals surface area contributed by atoms with Crippen LogP contribution in [0.1, 0.15) is 27.2 Å². The zero-order valence-electron chi connectivity index (χ0n) is 27.5. The minimum absolute atomic E-state index is 0.00349. The van der Waals surface area contributed by atoms with Crippen molar-refractivity contribution in [3.8, 4) is 22.5 Å². The normalized spacial score (nSPS) is 12.1. The fraction of sp³-hybridized carbons (Fsp3) is 0.150. The van der Waals surface area contributed by atoms with Crippen LogP contribution in [0.4, 0.5) is 13.6 Å². The number of pyridine rings is 1. The lowest BCUT2D eigenvalue weighted by molar-refractivity contribution is 0.0727. The zero-order valence-corrected chi connectivity index (χ0v) is 27.5. The summed E-state index contributed by atoms with van der Waals surface area (Å²) in [6, 6.07) is 34.2. The molecule has 3 N–H and O–H groups in total. The number of rotatable bonds is 14. The SMILES string of the molecule is O=C(N[C@H](COCc1ccccc1)[C@@H](Cc1ccccn1)NC(=O)c1cccc(F)c1-c1cc(-c2ccc(F)cc2)[nH]n1)OCc1ccccc1. The molecule has 2 amide bonds. The van der Waals surface area contributed by atoms with E-state index in [2.05, 4.69) is 25.8 Å². The number of carbonyl (C=O) groups is 2. The first-order valence-electron chi connectivity index (χ1n) is 16.3. The van der Waals surface area contributed by atoms with Crippen molar-refractivity contribution >= 4 is 12.0 Å². The molecule has 9 nitrogen and oxygen atoms in total. The Morgan fingerprint density at radius 1 is 0.745 bits per heavy atom. The average Bonchev–Trinajstić information content (AvgIpc) is 3.64. The van der Waals surface area contributed by atoms with E-state index in [1.807, 2.05) is 72.8 Å². The number of hydrogen-bond donors (Lipinski definition) is 3. The molecule has 6 aromatic rings. The highest BCUT2D eigenvalue weighted by molar-refractivity contribution is 6.01. The summed E-state index contributed by atoms with van der Waals surface area (Å²) in [5, 5.41) is 13.0. The monoisotopic (exact) mass is 687 g/mol. The standard InChI is InChI=1S/C40H35F2N5O4/c41-30-19-17-29(18-20-30)34-23-36(47-46-34)38-32(15-9-16-33(38)42)39(48)44-35(22-31-14-7-8-21-43-31)37(26-50-24-27-10-3-1-4-11-27)45-40(49)51-25-28-12-5-2-6-13-28/h1-21,23,35,37H,22,24-26H2,(H,44,48)(H,45,49)(H,46,47)/t35-,37-/m1/s1. The van der Waals surface area contributed by atoms with Crippen LogP contribution in [-0.2, 0) is 29.1 Å². The molecule has 0 unspecified atom stereocenters. The highest BCUT2D eigenvalue weighted by atomic mass is 19.1. The molecule has 2 heterocycles. The number of H-pyrrole nitrogens is 1. The zero-order chi connectivity index (χ0) is 35.4. The van der Waals surface area contributed by atoms with E-state index in [-0.39, 0.29) is 43.1 Å². The lowest BCUT2D eigenvalue weighted by atomic mass is 9.99. The molecule has 6 rings (SSSR count). The Kier molecular flexibility index (Phi) is 11.5. The van der Waals surface area contributed by atoms with Gasteiger partial charge in [-0.1, -0.05) is 72.8 Å². The van der Waals surface area contributed by atoms with E-state index < -0.39 is 35.7 Å². The molecule has 0 spiro atoms. The molecule has 51 heavy (non-hydrogen) atoms. The highest BCUT2D eigenvalue weighted by Crippen LogP contribution is 2.29. The second-order valence-electron chi connectivity index (χ2n) is 11.8. The van der Waals surface area contributed by atoms with Gasteiger partial charge in [-0.3, -0.25) is 14.9 Å². The first-order valence-corrected chi connectivity index (χ1v) is 16.3. The van der Waals surface area contributed by atoms with Gasteiger partial charge in [-0.2, -0.15) is 5.10 Å². The van der Waals surface area contributed by atoms with Crippen LogP contribution < -0.4 is 10.6 Å². The third-order valence-corrected chi connectivity index (χ3v) is 8.13. The largest absolute Gasteiger partial charge is 0.445 e. The fourth-order valence-electron chi connectivity index (χ4n) is 5.54. The van der Waals surface area contributed by atoms with Crippen molar-refractivity contribution in [1.29, 1.82) is 0 Å². The molecule has 0 fully saturated rings. The summed E-state index contributed by atoms with van der Waals surface area (Å²) < 4.78 is 40.7. The topological polar surface area (TPSA) is 118 Å². The van der Waals surface area contributed by atoms with Gasteiger partial charge < -0.3 is 20.1 Å². The Morgan fingerprint density at radius 2 is 1.45 bits per heavy atom. The number of halogens is 2. The van der Waals surface area contributed by atoms with Gasteiger partial charge in [0.15, 0.2) is 0 Å². The number of aromatic nitrogens is 3. The van der Waals surface area contributed by atoms with Crippen molar-refractivity contribution < 1.29 is 27.8 Å². The summed E-state index contributed by atoms with van der Waals surface area (Å²) in [7, 11) is 0. The van der Waals surface area contributed by atoms with Gasteiger partial charge in [0.1, 0.15) is 18.2 Å². The molecule has 0 bridgehead atoms. The van der Waals surface area contributed by atoms with Crippen LogP contribution in [0.15, 0.2) is 134 Å². The van der Waals surface area contributed by atoms with Gasteiger partial charge in [0.2, 0.25) is 0 Å². The Bertz CT molecular complexity index is 2030. The second kappa shape index (κ2) is 17.0. The number of nitrogens with zero attached hydrogens (tertiary/aromatic N) is 2. The molecule has 2 aromatic heterocycles. The molecule has 258 valence electrons. The molecule has 4 aromatic carbocycles. The number of alkyl carbamates (subject to hydrolysis) is 1. The van der Waals surface area contributed by atoms with E-state index in [4.69, 9.17) is 9.47 Å². The second-order valence-corrected chi connectivity index (χ2v) is 11.8. The maximum Gasteiger partial charge on any atom is 0.407 e. The first-order chi connectivity index (χ1) is 24.9. The van der Waals surface area contributed by atoms with Crippen LogP contribution in [0.3, 0.4) is 0 Å². The molecule has 0 radical (unpaired) electrons. The van der Waals surface area contributed by atoms with Crippen LogP contribution in [0, 0.1) is 11.6 Å². The summed E-state index contributed by atoms with van der Waals surface area (Å²) in [6.45, 7) is 0.299. The summed E-state index contributed by atoms with van der Waals surface area (Å²) in [5.74, 6) is -1.66. The van der Waals surface area contributed by atoms with Gasteiger partial charge in [0.25, 0.3) is 5.91 Å². The molecular formula is C40H35F2N5O4. The van der Waals surface area contributed by atoms with Crippen LogP contribution >= 0.6 is 0 Å². The Hall–Kier alpha value is -6.20. The average molecular weight is 688 g/mol. The predicted molar refractivity (Wildman–Crippen MR) is 188 cm³/mol. The van der Waals surface area contributed by atoms with Crippen molar-refractivity contribution in [1.82, 2.24) is 25.8 Å². The Morgan fingerprint density at radius 3 is 2.16 bits per heavy atom. The van der Waals surface area contributed by atoms with Crippen LogP contribution in [0.25, 0.3) is 22.5 Å². The summed E-state index contributed by atoms with van der Waals surface area (Å²) >= 11 is 0. The van der Waals surface area contributed by atoms with Crippen LogP contribution in [-0.4, -0.2) is 45.9 Å². The number of benzene rings is 4. The summed E-state index contributed by atoms with van der Waals surface area (Å²) in [6.07, 6.45) is 1.13. The van der Waals surface area contributed by atoms with Gasteiger partial charge in [0.05, 0.1) is 47.8 Å². The van der Waals surface area contributed by atoms with E-state index in [9.17, 15) is 14.0 Å². The van der Waals surface area contributed by atoms with Crippen molar-refractivity contribution in [2.75, 3.05) is 6.61 Å². The number of ether oxygens (including phenoxy) is 2. The van der Waals surface area contributed by atoms with Crippen LogP contribution in [0.5, 0.6) is 0 Å². The number of carbonyl (C=O) groups excluding carboxylic acids is 2. The Balaban J connectivity index is 1.27. The summed E-state index contributed by atoms with van der Waals surface area (Å²) in [5.41, 5.74) is 3.71. The minimum Gasteiger partial charge on any atom is -0.445 e. The van der Waals surface area contributed by atoms with E-state index in [0.29, 0.717) is 17.0 Å². The van der Waals surface area contributed by atoms with Crippen molar-refractivity contribution in [2.24, 2.45) is 0 Å². The van der Waals surface area contributed by atoms with Crippen molar-refractivity contribution in [2.45, 2.75) is 31.7 Å². The van der Waals surface area contributed by atoms with Gasteiger partial charge in [-0.25, -0.2) is 13.6 Å². The smallest absolute Gasteiger partial charge is 0.407 e. The third kappa shape index (κ3) is 9.49. The molecule has 0 saturated carbocycles. The van der Waals surface area contributed by atoms with Gasteiger partial charge >= 0.3 is 6.09 Å². The highest BCUT2D eigenvalue weighted by Gasteiger charge is 2.29. The molecular weight excluding hydrogens is 652 g/mol. The van der Waals surface area contributed by atoms with Crippen molar-refractivity contribution in [3.63, 3.8) is 0 Å². The predicted octanol–water partition coefficient (Wildman–Crippen LogP) is 7.27. The molecule has 0 aliphatic heterocycles. The first kappa shape index (κ1) is 34.7. The van der Waals surface area contributed by atoms with Gasteiger partial charge in [-0.05, 0) is 71.3 Å². The molecule has 0 aliphatic carbocycles. The maximum atomic E-state index is 15.5. The molecule has 11 heteroatoms. The van der Waals surface area contributed by atoms with E-state index in [1.54, 1.807) is 30.5 Å². The van der Waals surface area contributed by atoms with Crippen LogP contribution in [0.2, 0.25) is 0 Å². The van der Waals surface area contributed by atoms with Crippen molar-refractivity contribution in [3.05, 3.63) is 168 Å². The van der Waals surface area contributed by atoms with Gasteiger partial charge in [-0.15, -0.1) is 0 Å². The number of amides is 2. The lowest BCUT2D eigenvalue weighted by Gasteiger charge is -2.29. The number of aromatic amines is 1. The lowest BCUT2D eigenvalue weighted by Crippen LogP contribution is -2.55. The number of hydrogen-bond acceptors (Lipinski definition) is 6. The van der Waals surface area contributed by atoms with E-state index >= 15 is 4.39 Å².